The van der Waals surface area contributed by atoms with E-state index < -0.39 is 60.2 Å². The fourth-order valence-corrected chi connectivity index (χ4v) is 3.73. The summed E-state index contributed by atoms with van der Waals surface area (Å²) >= 11 is 0. The number of carbonyl (C=O) groups excluding carboxylic acids is 4. The summed E-state index contributed by atoms with van der Waals surface area (Å²) in [6.45, 7) is 0.495. The molecule has 0 aliphatic heterocycles. The highest BCUT2D eigenvalue weighted by molar-refractivity contribution is 5.95. The van der Waals surface area contributed by atoms with Crippen molar-refractivity contribution in [1.29, 1.82) is 0 Å². The topological polar surface area (TPSA) is 304 Å². The molecule has 4 atom stereocenters. The lowest BCUT2D eigenvalue weighted by molar-refractivity contribution is -0.142. The molecule has 4 amide bonds. The zero-order valence-electron chi connectivity index (χ0n) is 22.8. The summed E-state index contributed by atoms with van der Waals surface area (Å²) in [6, 6.07) is 0.837. The molecule has 0 aliphatic carbocycles. The van der Waals surface area contributed by atoms with Gasteiger partial charge in [-0.2, -0.15) is 0 Å². The van der Waals surface area contributed by atoms with Crippen molar-refractivity contribution in [2.24, 2.45) is 33.7 Å². The number of phenols is 1. The third-order valence-corrected chi connectivity index (χ3v) is 5.91. The van der Waals surface area contributed by atoms with Crippen LogP contribution in [0.3, 0.4) is 0 Å². The zero-order valence-corrected chi connectivity index (χ0v) is 22.8. The second-order valence-corrected chi connectivity index (χ2v) is 9.40. The van der Waals surface area contributed by atoms with Crippen molar-refractivity contribution in [3.05, 3.63) is 29.8 Å². The number of amides is 4. The van der Waals surface area contributed by atoms with Crippen LogP contribution in [0.15, 0.2) is 29.3 Å². The minimum Gasteiger partial charge on any atom is -0.508 e. The monoisotopic (exact) mass is 579 g/mol. The molecule has 0 fully saturated rings. The molecule has 4 unspecified atom stereocenters. The number of carboxylic acids is 1. The fraction of sp³-hybridized carbons (Fsp3) is 0.520. The Morgan fingerprint density at radius 3 is 1.93 bits per heavy atom. The van der Waals surface area contributed by atoms with Crippen molar-refractivity contribution >= 4 is 35.6 Å². The van der Waals surface area contributed by atoms with E-state index in [2.05, 4.69) is 20.9 Å². The van der Waals surface area contributed by atoms with Crippen molar-refractivity contribution in [3.63, 3.8) is 0 Å². The number of hydrogen-bond donors (Lipinski definition) is 10. The van der Waals surface area contributed by atoms with E-state index in [0.717, 1.165) is 0 Å². The number of guanidine groups is 1. The number of aliphatic carboxylic acids is 1. The Morgan fingerprint density at radius 1 is 0.805 bits per heavy atom. The number of aromatic hydroxyl groups is 1. The predicted molar refractivity (Wildman–Crippen MR) is 150 cm³/mol. The van der Waals surface area contributed by atoms with Gasteiger partial charge in [-0.25, -0.2) is 4.79 Å². The maximum atomic E-state index is 13.3. The fourth-order valence-electron chi connectivity index (χ4n) is 3.73. The van der Waals surface area contributed by atoms with E-state index in [1.807, 2.05) is 0 Å². The molecule has 1 aromatic rings. The van der Waals surface area contributed by atoms with Crippen LogP contribution in [0.2, 0.25) is 0 Å². The summed E-state index contributed by atoms with van der Waals surface area (Å²) in [5, 5.41) is 26.6. The average Bonchev–Trinajstić information content (AvgIpc) is 2.89. The molecule has 0 bridgehead atoms. The van der Waals surface area contributed by atoms with Gasteiger partial charge in [0.15, 0.2) is 5.96 Å². The Kier molecular flexibility index (Phi) is 15.2. The molecule has 0 saturated carbocycles. The van der Waals surface area contributed by atoms with Gasteiger partial charge >= 0.3 is 5.97 Å². The van der Waals surface area contributed by atoms with Crippen LogP contribution < -0.4 is 44.6 Å². The number of phenolic OH excluding ortho intramolecular Hbond substituents is 1. The number of carbonyl (C=O) groups is 5. The quantitative estimate of drug-likeness (QED) is 0.0443. The third-order valence-electron chi connectivity index (χ3n) is 5.91. The van der Waals surface area contributed by atoms with Gasteiger partial charge in [-0.15, -0.1) is 0 Å². The summed E-state index contributed by atoms with van der Waals surface area (Å²) in [4.78, 5) is 65.9. The van der Waals surface area contributed by atoms with E-state index in [1.165, 1.54) is 24.3 Å². The van der Waals surface area contributed by atoms with Gasteiger partial charge in [0.25, 0.3) is 0 Å². The molecular formula is C25H41N9O7. The Labute approximate surface area is 237 Å². The minimum atomic E-state index is -1.32. The van der Waals surface area contributed by atoms with Gasteiger partial charge in [-0.05, 0) is 56.3 Å². The predicted octanol–water partition coefficient (Wildman–Crippen LogP) is -3.14. The molecule has 0 aromatic heterocycles. The molecule has 16 nitrogen and oxygen atoms in total. The smallest absolute Gasteiger partial charge is 0.326 e. The summed E-state index contributed by atoms with van der Waals surface area (Å²) in [7, 11) is 0. The molecule has 16 heteroatoms. The third kappa shape index (κ3) is 14.0. The highest BCUT2D eigenvalue weighted by Crippen LogP contribution is 2.13. The first-order chi connectivity index (χ1) is 19.3. The summed E-state index contributed by atoms with van der Waals surface area (Å²) in [5.74, 6) is -4.61. The van der Waals surface area contributed by atoms with Gasteiger partial charge in [-0.1, -0.05) is 12.1 Å². The normalized spacial score (nSPS) is 13.6. The molecule has 0 saturated heterocycles. The highest BCUT2D eigenvalue weighted by atomic mass is 16.4. The first-order valence-electron chi connectivity index (χ1n) is 13.0. The van der Waals surface area contributed by atoms with Gasteiger partial charge < -0.3 is 54.8 Å². The Bertz CT molecular complexity index is 1060. The second kappa shape index (κ2) is 18.0. The minimum absolute atomic E-state index is 0.0134. The van der Waals surface area contributed by atoms with Crippen LogP contribution in [0.25, 0.3) is 0 Å². The zero-order chi connectivity index (χ0) is 30.9. The van der Waals surface area contributed by atoms with Crippen LogP contribution in [0.1, 0.15) is 44.1 Å². The number of nitrogens with zero attached hydrogens (tertiary/aromatic N) is 1. The average molecular weight is 580 g/mol. The van der Waals surface area contributed by atoms with Gasteiger partial charge in [0.1, 0.15) is 23.9 Å². The molecule has 0 radical (unpaired) electrons. The lowest BCUT2D eigenvalue weighted by Crippen LogP contribution is -2.57. The van der Waals surface area contributed by atoms with Crippen LogP contribution in [-0.2, 0) is 30.4 Å². The SMILES string of the molecule is NCCCCC(NC(=O)C(Cc1ccc(O)cc1)NC(=O)C(CCCN=C(N)N)NC(=O)C(N)CC(N)=O)C(=O)O. The van der Waals surface area contributed by atoms with Crippen LogP contribution in [-0.4, -0.2) is 83.0 Å². The van der Waals surface area contributed by atoms with Crippen LogP contribution in [0.4, 0.5) is 0 Å². The number of nitrogens with one attached hydrogen (secondary N) is 3. The Morgan fingerprint density at radius 2 is 1.37 bits per heavy atom. The van der Waals surface area contributed by atoms with Gasteiger partial charge in [0.2, 0.25) is 23.6 Å². The van der Waals surface area contributed by atoms with Crippen molar-refractivity contribution < 1.29 is 34.2 Å². The Hall–Kier alpha value is -4.44. The molecule has 0 aliphatic rings. The maximum absolute atomic E-state index is 13.3. The first-order valence-corrected chi connectivity index (χ1v) is 13.0. The maximum Gasteiger partial charge on any atom is 0.326 e. The molecule has 15 N–H and O–H groups in total. The molecular weight excluding hydrogens is 538 g/mol. The van der Waals surface area contributed by atoms with Crippen molar-refractivity contribution in [2.75, 3.05) is 13.1 Å². The molecule has 228 valence electrons. The van der Waals surface area contributed by atoms with Crippen LogP contribution >= 0.6 is 0 Å². The van der Waals surface area contributed by atoms with Gasteiger partial charge in [-0.3, -0.25) is 24.2 Å². The van der Waals surface area contributed by atoms with Crippen molar-refractivity contribution in [1.82, 2.24) is 16.0 Å². The van der Waals surface area contributed by atoms with E-state index in [9.17, 15) is 34.2 Å². The van der Waals surface area contributed by atoms with Crippen molar-refractivity contribution in [2.45, 2.75) is 69.1 Å². The first kappa shape index (κ1) is 34.6. The lowest BCUT2D eigenvalue weighted by Gasteiger charge is -2.25. The second-order valence-electron chi connectivity index (χ2n) is 9.40. The van der Waals surface area contributed by atoms with Crippen LogP contribution in [0, 0.1) is 0 Å². The number of unbranched alkanes of at least 4 members (excludes halogenated alkanes) is 1. The molecule has 0 spiro atoms. The standard InChI is InChI=1S/C25H41N9O7/c26-10-2-1-4-18(24(40)41)33-23(39)19(12-14-6-8-15(35)9-7-14)34-22(38)17(5-3-11-31-25(29)30)32-21(37)16(27)13-20(28)36/h6-9,16-19,35H,1-5,10-13,26-27H2,(H2,28,36)(H,32,37)(H,33,39)(H,34,38)(H,40,41)(H4,29,30,31). The number of carboxylic acid groups (broad SMARTS) is 1. The highest BCUT2D eigenvalue weighted by Gasteiger charge is 2.30. The summed E-state index contributed by atoms with van der Waals surface area (Å²) in [6.07, 6.45) is 0.897. The van der Waals surface area contributed by atoms with E-state index in [4.69, 9.17) is 28.7 Å². The molecule has 41 heavy (non-hydrogen) atoms. The number of rotatable bonds is 19. The largest absolute Gasteiger partial charge is 0.508 e. The van der Waals surface area contributed by atoms with E-state index in [-0.39, 0.29) is 43.9 Å². The van der Waals surface area contributed by atoms with E-state index in [1.54, 1.807) is 0 Å². The number of primary amides is 1. The molecule has 0 heterocycles. The number of benzene rings is 1. The van der Waals surface area contributed by atoms with E-state index >= 15 is 0 Å². The van der Waals surface area contributed by atoms with Gasteiger partial charge in [0.05, 0.1) is 12.5 Å². The van der Waals surface area contributed by atoms with Crippen molar-refractivity contribution in [3.8, 4) is 5.75 Å². The summed E-state index contributed by atoms with van der Waals surface area (Å²) in [5.41, 5.74) is 27.5. The summed E-state index contributed by atoms with van der Waals surface area (Å²) < 4.78 is 0. The van der Waals surface area contributed by atoms with Gasteiger partial charge in [0, 0.05) is 13.0 Å². The lowest BCUT2D eigenvalue weighted by atomic mass is 10.0. The Balaban J connectivity index is 3.18. The molecule has 1 rings (SSSR count). The van der Waals surface area contributed by atoms with Crippen LogP contribution in [0.5, 0.6) is 5.75 Å². The number of hydrogen-bond acceptors (Lipinski definition) is 9. The molecule has 1 aromatic carbocycles. The number of aliphatic imine (C=N–C) groups is 1. The number of nitrogens with two attached hydrogens (primary N) is 5. The van der Waals surface area contributed by atoms with E-state index in [0.29, 0.717) is 24.9 Å².